The summed E-state index contributed by atoms with van der Waals surface area (Å²) in [5, 5.41) is 3.57. The number of carbonyl (C=O) groups excluding carboxylic acids is 1. The van der Waals surface area contributed by atoms with Gasteiger partial charge in [0.15, 0.2) is 5.96 Å². The fraction of sp³-hybridized carbons (Fsp3) is 0.875. The first-order valence-electron chi connectivity index (χ1n) is 8.56. The van der Waals surface area contributed by atoms with Crippen LogP contribution in [-0.4, -0.2) is 68.2 Å². The van der Waals surface area contributed by atoms with E-state index < -0.39 is 0 Å². The van der Waals surface area contributed by atoms with Crippen LogP contribution in [0.2, 0.25) is 0 Å². The molecular weight excluding hydrogens is 407 g/mol. The predicted molar refractivity (Wildman–Crippen MR) is 101 cm³/mol. The lowest BCUT2D eigenvalue weighted by molar-refractivity contribution is 0.0914. The molecule has 1 saturated heterocycles. The second-order valence-electron chi connectivity index (χ2n) is 6.71. The average molecular weight is 436 g/mol. The van der Waals surface area contributed by atoms with E-state index in [-0.39, 0.29) is 30.1 Å². The first kappa shape index (κ1) is 18.6. The Morgan fingerprint density at radius 1 is 1.22 bits per heavy atom. The molecule has 132 valence electrons. The molecule has 0 aromatic carbocycles. The molecule has 23 heavy (non-hydrogen) atoms. The third kappa shape index (κ3) is 4.42. The normalized spacial score (nSPS) is 23.1. The van der Waals surface area contributed by atoms with Gasteiger partial charge in [0.1, 0.15) is 0 Å². The molecule has 1 aliphatic heterocycles. The lowest BCUT2D eigenvalue weighted by Crippen LogP contribution is -2.54. The summed E-state index contributed by atoms with van der Waals surface area (Å²) in [4.78, 5) is 20.2. The van der Waals surface area contributed by atoms with Crippen molar-refractivity contribution in [2.24, 2.45) is 16.3 Å². The largest absolute Gasteiger partial charge is 0.450 e. The van der Waals surface area contributed by atoms with E-state index in [1.54, 1.807) is 4.90 Å². The summed E-state index contributed by atoms with van der Waals surface area (Å²) in [7, 11) is 1.84. The van der Waals surface area contributed by atoms with E-state index in [1.807, 2.05) is 14.0 Å². The highest BCUT2D eigenvalue weighted by molar-refractivity contribution is 14.0. The van der Waals surface area contributed by atoms with Crippen LogP contribution in [0.5, 0.6) is 0 Å². The molecule has 3 fully saturated rings. The summed E-state index contributed by atoms with van der Waals surface area (Å²) < 4.78 is 5.06. The zero-order valence-electron chi connectivity index (χ0n) is 14.2. The number of guanidine groups is 1. The van der Waals surface area contributed by atoms with Crippen molar-refractivity contribution >= 4 is 36.0 Å². The summed E-state index contributed by atoms with van der Waals surface area (Å²) >= 11 is 0. The smallest absolute Gasteiger partial charge is 0.409 e. The van der Waals surface area contributed by atoms with Crippen molar-refractivity contribution in [1.82, 2.24) is 15.1 Å². The summed E-state index contributed by atoms with van der Waals surface area (Å²) in [6.45, 7) is 6.37. The fourth-order valence-corrected chi connectivity index (χ4v) is 3.49. The maximum absolute atomic E-state index is 11.7. The first-order chi connectivity index (χ1) is 10.7. The van der Waals surface area contributed by atoms with Crippen molar-refractivity contribution in [3.63, 3.8) is 0 Å². The van der Waals surface area contributed by atoms with Gasteiger partial charge in [-0.15, -0.1) is 24.0 Å². The third-order valence-corrected chi connectivity index (χ3v) is 5.25. The van der Waals surface area contributed by atoms with Gasteiger partial charge in [-0.3, -0.25) is 4.99 Å². The number of hydrogen-bond donors (Lipinski definition) is 1. The minimum Gasteiger partial charge on any atom is -0.450 e. The van der Waals surface area contributed by atoms with Crippen LogP contribution in [0.15, 0.2) is 4.99 Å². The zero-order chi connectivity index (χ0) is 15.6. The second-order valence-corrected chi connectivity index (χ2v) is 6.71. The van der Waals surface area contributed by atoms with E-state index in [9.17, 15) is 4.79 Å². The zero-order valence-corrected chi connectivity index (χ0v) is 16.5. The molecule has 1 amide bonds. The van der Waals surface area contributed by atoms with Gasteiger partial charge in [0.25, 0.3) is 0 Å². The van der Waals surface area contributed by atoms with Gasteiger partial charge in [0.05, 0.1) is 6.61 Å². The van der Waals surface area contributed by atoms with Crippen molar-refractivity contribution in [2.75, 3.05) is 46.4 Å². The molecule has 6 nitrogen and oxygen atoms in total. The lowest BCUT2D eigenvalue weighted by Gasteiger charge is -2.36. The van der Waals surface area contributed by atoms with E-state index in [0.29, 0.717) is 25.1 Å². The molecule has 0 aromatic heterocycles. The van der Waals surface area contributed by atoms with Gasteiger partial charge in [0.2, 0.25) is 0 Å². The number of rotatable bonds is 4. The molecule has 1 N–H and O–H groups in total. The van der Waals surface area contributed by atoms with Crippen LogP contribution in [0, 0.1) is 11.3 Å². The Morgan fingerprint density at radius 3 is 2.30 bits per heavy atom. The van der Waals surface area contributed by atoms with Crippen LogP contribution in [-0.2, 0) is 4.74 Å². The summed E-state index contributed by atoms with van der Waals surface area (Å²) in [6.07, 6.45) is 5.38. The fourth-order valence-electron chi connectivity index (χ4n) is 3.49. The Kier molecular flexibility index (Phi) is 6.39. The number of halogens is 1. The predicted octanol–water partition coefficient (Wildman–Crippen LogP) is 2.14. The van der Waals surface area contributed by atoms with E-state index in [2.05, 4.69) is 15.2 Å². The Hall–Kier alpha value is -0.730. The topological polar surface area (TPSA) is 57.2 Å². The minimum absolute atomic E-state index is 0. The molecule has 7 heteroatoms. The Morgan fingerprint density at radius 2 is 1.83 bits per heavy atom. The van der Waals surface area contributed by atoms with Crippen LogP contribution in [0.3, 0.4) is 0 Å². The number of nitrogens with zero attached hydrogens (tertiary/aromatic N) is 3. The van der Waals surface area contributed by atoms with Crippen molar-refractivity contribution in [2.45, 2.75) is 32.6 Å². The van der Waals surface area contributed by atoms with Crippen molar-refractivity contribution in [3.8, 4) is 0 Å². The summed E-state index contributed by atoms with van der Waals surface area (Å²) in [5.74, 6) is 1.94. The van der Waals surface area contributed by atoms with E-state index in [1.165, 1.54) is 25.7 Å². The van der Waals surface area contributed by atoms with Gasteiger partial charge in [0, 0.05) is 39.8 Å². The van der Waals surface area contributed by atoms with Crippen molar-refractivity contribution < 1.29 is 9.53 Å². The molecule has 0 unspecified atom stereocenters. The Labute approximate surface area is 156 Å². The summed E-state index contributed by atoms with van der Waals surface area (Å²) in [5.41, 5.74) is 0.572. The number of nitrogens with one attached hydrogen (secondary N) is 1. The van der Waals surface area contributed by atoms with Gasteiger partial charge in [-0.1, -0.05) is 0 Å². The van der Waals surface area contributed by atoms with E-state index >= 15 is 0 Å². The van der Waals surface area contributed by atoms with Crippen LogP contribution < -0.4 is 5.32 Å². The molecule has 2 saturated carbocycles. The number of piperazine rings is 1. The van der Waals surface area contributed by atoms with Gasteiger partial charge in [-0.05, 0) is 43.9 Å². The number of amides is 1. The van der Waals surface area contributed by atoms with E-state index in [0.717, 1.165) is 31.5 Å². The maximum Gasteiger partial charge on any atom is 0.409 e. The monoisotopic (exact) mass is 436 g/mol. The number of ether oxygens (including phenoxy) is 1. The van der Waals surface area contributed by atoms with Gasteiger partial charge in [-0.2, -0.15) is 0 Å². The standard InChI is InChI=1S/C16H28N4O2.HI/c1-3-22-15(21)20-10-8-19(9-11-20)14(17-2)18-12-16(6-7-16)13-4-5-13;/h13H,3-12H2,1-2H3,(H,17,18);1H. The highest BCUT2D eigenvalue weighted by atomic mass is 127. The molecule has 0 radical (unpaired) electrons. The Bertz CT molecular complexity index is 441. The van der Waals surface area contributed by atoms with Gasteiger partial charge < -0.3 is 19.9 Å². The minimum atomic E-state index is -0.198. The van der Waals surface area contributed by atoms with Crippen LogP contribution in [0.1, 0.15) is 32.6 Å². The van der Waals surface area contributed by atoms with Crippen LogP contribution >= 0.6 is 24.0 Å². The molecule has 3 rings (SSSR count). The van der Waals surface area contributed by atoms with Crippen molar-refractivity contribution in [3.05, 3.63) is 0 Å². The average Bonchev–Trinajstić information content (AvgIpc) is 3.41. The molecular formula is C16H29IN4O2. The molecule has 2 aliphatic carbocycles. The number of hydrogen-bond acceptors (Lipinski definition) is 3. The number of aliphatic imine (C=N–C) groups is 1. The van der Waals surface area contributed by atoms with Crippen molar-refractivity contribution in [1.29, 1.82) is 0 Å². The highest BCUT2D eigenvalue weighted by Crippen LogP contribution is 2.60. The maximum atomic E-state index is 11.7. The van der Waals surface area contributed by atoms with Crippen LogP contribution in [0.25, 0.3) is 0 Å². The lowest BCUT2D eigenvalue weighted by atomic mass is 10.0. The molecule has 0 bridgehead atoms. The molecule has 0 atom stereocenters. The first-order valence-corrected chi connectivity index (χ1v) is 8.56. The molecule has 1 heterocycles. The second kappa shape index (κ2) is 7.90. The quantitative estimate of drug-likeness (QED) is 0.417. The molecule has 3 aliphatic rings. The highest BCUT2D eigenvalue weighted by Gasteiger charge is 2.53. The Balaban J connectivity index is 0.00000192. The van der Waals surface area contributed by atoms with Crippen LogP contribution in [0.4, 0.5) is 4.79 Å². The SMILES string of the molecule is CCOC(=O)N1CCN(C(=NC)NCC2(C3CC3)CC2)CC1.I. The molecule has 0 aromatic rings. The third-order valence-electron chi connectivity index (χ3n) is 5.25. The molecule has 0 spiro atoms. The van der Waals surface area contributed by atoms with E-state index in [4.69, 9.17) is 4.74 Å². The van der Waals surface area contributed by atoms with Gasteiger partial charge in [-0.25, -0.2) is 4.79 Å². The summed E-state index contributed by atoms with van der Waals surface area (Å²) in [6, 6.07) is 0. The number of carbonyl (C=O) groups is 1. The van der Waals surface area contributed by atoms with Gasteiger partial charge >= 0.3 is 6.09 Å².